The predicted octanol–water partition coefficient (Wildman–Crippen LogP) is 4.54. The molecule has 1 aliphatic heterocycles. The molecule has 0 unspecified atom stereocenters. The van der Waals surface area contributed by atoms with Gasteiger partial charge in [-0.2, -0.15) is 10.5 Å². The van der Waals surface area contributed by atoms with Crippen LogP contribution in [0.25, 0.3) is 11.1 Å². The van der Waals surface area contributed by atoms with E-state index in [0.29, 0.717) is 0 Å². The second-order valence-corrected chi connectivity index (χ2v) is 5.83. The van der Waals surface area contributed by atoms with Crippen LogP contribution in [0.2, 0.25) is 0 Å². The Morgan fingerprint density at radius 2 is 1.77 bits per heavy atom. The van der Waals surface area contributed by atoms with E-state index in [-0.39, 0.29) is 5.57 Å². The Labute approximate surface area is 134 Å². The Morgan fingerprint density at radius 1 is 1.05 bits per heavy atom. The van der Waals surface area contributed by atoms with Crippen molar-refractivity contribution < 1.29 is 0 Å². The number of fused-ring (bicyclic) bond motifs is 1. The summed E-state index contributed by atoms with van der Waals surface area (Å²) in [6, 6.07) is 20.4. The molecule has 4 heteroatoms. The molecule has 2 aromatic carbocycles. The summed E-state index contributed by atoms with van der Waals surface area (Å²) >= 11 is 1.50. The first kappa shape index (κ1) is 14.3. The van der Waals surface area contributed by atoms with Crippen molar-refractivity contribution in [1.29, 1.82) is 10.5 Å². The molecule has 0 fully saturated rings. The summed E-state index contributed by atoms with van der Waals surface area (Å²) in [5.41, 5.74) is 3.53. The normalized spacial score (nSPS) is 12.5. The molecule has 0 amide bonds. The first-order chi connectivity index (χ1) is 10.8. The first-order valence-electron chi connectivity index (χ1n) is 6.97. The topological polar surface area (TPSA) is 50.8 Å². The zero-order valence-corrected chi connectivity index (χ0v) is 12.9. The van der Waals surface area contributed by atoms with Gasteiger partial charge < -0.3 is 4.90 Å². The van der Waals surface area contributed by atoms with E-state index in [9.17, 15) is 0 Å². The molecule has 0 aromatic heterocycles. The molecule has 3 nitrogen and oxygen atoms in total. The van der Waals surface area contributed by atoms with Crippen molar-refractivity contribution in [3.8, 4) is 23.3 Å². The smallest absolute Gasteiger partial charge is 0.160 e. The van der Waals surface area contributed by atoms with Gasteiger partial charge in [0.15, 0.2) is 5.57 Å². The minimum Gasteiger partial charge on any atom is -0.334 e. The van der Waals surface area contributed by atoms with Crippen LogP contribution in [-0.4, -0.2) is 6.54 Å². The van der Waals surface area contributed by atoms with Crippen LogP contribution in [0, 0.1) is 22.7 Å². The third-order valence-electron chi connectivity index (χ3n) is 3.56. The van der Waals surface area contributed by atoms with Gasteiger partial charge in [-0.15, -0.1) is 0 Å². The fraction of sp³-hybridized carbons (Fsp3) is 0.111. The third-order valence-corrected chi connectivity index (χ3v) is 4.73. The molecular formula is C18H13N3S. The summed E-state index contributed by atoms with van der Waals surface area (Å²) in [7, 11) is 0. The molecule has 0 aliphatic carbocycles. The zero-order chi connectivity index (χ0) is 15.5. The van der Waals surface area contributed by atoms with E-state index in [0.717, 1.165) is 33.3 Å². The van der Waals surface area contributed by atoms with Gasteiger partial charge in [0, 0.05) is 11.4 Å². The maximum atomic E-state index is 9.14. The van der Waals surface area contributed by atoms with Crippen molar-refractivity contribution in [2.24, 2.45) is 0 Å². The van der Waals surface area contributed by atoms with Gasteiger partial charge in [-0.25, -0.2) is 0 Å². The van der Waals surface area contributed by atoms with Crippen LogP contribution in [0.1, 0.15) is 6.92 Å². The highest BCUT2D eigenvalue weighted by molar-refractivity contribution is 8.03. The minimum absolute atomic E-state index is 0.171. The molecule has 0 radical (unpaired) electrons. The van der Waals surface area contributed by atoms with Crippen LogP contribution in [0.4, 0.5) is 5.69 Å². The maximum absolute atomic E-state index is 9.14. The number of rotatable bonds is 2. The SMILES string of the molecule is CCN1C(=C(C#N)C#N)Sc2cc(-c3ccccc3)ccc21. The van der Waals surface area contributed by atoms with E-state index in [4.69, 9.17) is 10.5 Å². The zero-order valence-electron chi connectivity index (χ0n) is 12.1. The Balaban J connectivity index is 2.08. The van der Waals surface area contributed by atoms with Crippen LogP contribution in [0.15, 0.2) is 64.0 Å². The van der Waals surface area contributed by atoms with E-state index < -0.39 is 0 Å². The van der Waals surface area contributed by atoms with Gasteiger partial charge in [-0.3, -0.25) is 0 Å². The summed E-state index contributed by atoms with van der Waals surface area (Å²) in [4.78, 5) is 3.11. The Morgan fingerprint density at radius 3 is 2.41 bits per heavy atom. The molecule has 22 heavy (non-hydrogen) atoms. The number of nitrogens with zero attached hydrogens (tertiary/aromatic N) is 3. The van der Waals surface area contributed by atoms with Gasteiger partial charge in [0.25, 0.3) is 0 Å². The van der Waals surface area contributed by atoms with Gasteiger partial charge in [0.05, 0.1) is 5.69 Å². The molecule has 2 aromatic rings. The van der Waals surface area contributed by atoms with E-state index >= 15 is 0 Å². The molecule has 1 heterocycles. The van der Waals surface area contributed by atoms with Crippen LogP contribution in [0.5, 0.6) is 0 Å². The fourth-order valence-corrected chi connectivity index (χ4v) is 3.73. The molecule has 0 saturated carbocycles. The monoisotopic (exact) mass is 303 g/mol. The Hall–Kier alpha value is -2.69. The molecule has 106 valence electrons. The first-order valence-corrected chi connectivity index (χ1v) is 7.79. The lowest BCUT2D eigenvalue weighted by Crippen LogP contribution is -2.17. The highest BCUT2D eigenvalue weighted by Gasteiger charge is 2.27. The van der Waals surface area contributed by atoms with E-state index in [1.54, 1.807) is 0 Å². The van der Waals surface area contributed by atoms with E-state index in [1.807, 2.05) is 42.2 Å². The lowest BCUT2D eigenvalue weighted by Gasteiger charge is -2.17. The van der Waals surface area contributed by atoms with Crippen LogP contribution in [0.3, 0.4) is 0 Å². The minimum atomic E-state index is 0.171. The molecule has 3 rings (SSSR count). The van der Waals surface area contributed by atoms with Crippen LogP contribution < -0.4 is 4.90 Å². The van der Waals surface area contributed by atoms with Crippen LogP contribution >= 0.6 is 11.8 Å². The van der Waals surface area contributed by atoms with Gasteiger partial charge >= 0.3 is 0 Å². The van der Waals surface area contributed by atoms with Crippen molar-refractivity contribution in [1.82, 2.24) is 0 Å². The number of anilines is 1. The maximum Gasteiger partial charge on any atom is 0.160 e. The van der Waals surface area contributed by atoms with Crippen molar-refractivity contribution in [2.45, 2.75) is 11.8 Å². The number of allylic oxidation sites excluding steroid dienone is 1. The van der Waals surface area contributed by atoms with Gasteiger partial charge in [-0.05, 0) is 30.2 Å². The Bertz CT molecular complexity index is 810. The lowest BCUT2D eigenvalue weighted by molar-refractivity contribution is 0.998. The summed E-state index contributed by atoms with van der Waals surface area (Å²) in [5.74, 6) is 0. The summed E-state index contributed by atoms with van der Waals surface area (Å²) in [6.07, 6.45) is 0. The quantitative estimate of drug-likeness (QED) is 0.764. The van der Waals surface area contributed by atoms with Gasteiger partial charge in [0.2, 0.25) is 0 Å². The second kappa shape index (κ2) is 5.97. The number of hydrogen-bond acceptors (Lipinski definition) is 4. The molecule has 0 spiro atoms. The summed E-state index contributed by atoms with van der Waals surface area (Å²) in [5, 5.41) is 19.0. The number of thioether (sulfide) groups is 1. The lowest BCUT2D eigenvalue weighted by atomic mass is 10.1. The molecule has 0 bridgehead atoms. The van der Waals surface area contributed by atoms with E-state index in [2.05, 4.69) is 30.3 Å². The number of hydrogen-bond donors (Lipinski definition) is 0. The molecule has 0 atom stereocenters. The van der Waals surface area contributed by atoms with Crippen molar-refractivity contribution in [3.05, 3.63) is 59.1 Å². The van der Waals surface area contributed by atoms with Gasteiger partial charge in [0.1, 0.15) is 17.2 Å². The molecular weight excluding hydrogens is 290 g/mol. The van der Waals surface area contributed by atoms with Crippen molar-refractivity contribution >= 4 is 17.4 Å². The average molecular weight is 303 g/mol. The third kappa shape index (κ3) is 2.35. The molecule has 0 N–H and O–H groups in total. The predicted molar refractivity (Wildman–Crippen MR) is 89.0 cm³/mol. The standard InChI is InChI=1S/C18H13N3S/c1-2-21-16-9-8-14(13-6-4-3-5-7-13)10-17(16)22-18(21)15(11-19)12-20/h3-10H,2H2,1H3. The second-order valence-electron chi connectivity index (χ2n) is 4.80. The van der Waals surface area contributed by atoms with Crippen LogP contribution in [-0.2, 0) is 0 Å². The fourth-order valence-electron chi connectivity index (χ4n) is 2.52. The number of benzene rings is 2. The summed E-state index contributed by atoms with van der Waals surface area (Å²) < 4.78 is 0. The molecule has 1 aliphatic rings. The van der Waals surface area contributed by atoms with Crippen molar-refractivity contribution in [3.63, 3.8) is 0 Å². The highest BCUT2D eigenvalue weighted by atomic mass is 32.2. The van der Waals surface area contributed by atoms with E-state index in [1.165, 1.54) is 11.8 Å². The highest BCUT2D eigenvalue weighted by Crippen LogP contribution is 2.48. The summed E-state index contributed by atoms with van der Waals surface area (Å²) in [6.45, 7) is 2.75. The largest absolute Gasteiger partial charge is 0.334 e. The van der Waals surface area contributed by atoms with Crippen molar-refractivity contribution in [2.75, 3.05) is 11.4 Å². The number of nitriles is 2. The Kier molecular flexibility index (Phi) is 3.87. The molecule has 0 saturated heterocycles. The van der Waals surface area contributed by atoms with Gasteiger partial charge in [-0.1, -0.05) is 48.2 Å². The average Bonchev–Trinajstić information content (AvgIpc) is 2.94.